The lowest BCUT2D eigenvalue weighted by atomic mass is 10.0. The molecule has 20 heavy (non-hydrogen) atoms. The van der Waals surface area contributed by atoms with Crippen LogP contribution in [0, 0.1) is 0 Å². The van der Waals surface area contributed by atoms with Gasteiger partial charge >= 0.3 is 0 Å². The minimum Gasteiger partial charge on any atom is -0.493 e. The third-order valence-electron chi connectivity index (χ3n) is 3.09. The van der Waals surface area contributed by atoms with Crippen LogP contribution in [0.5, 0.6) is 5.75 Å². The van der Waals surface area contributed by atoms with E-state index in [1.165, 1.54) is 0 Å². The first kappa shape index (κ1) is 15.3. The van der Waals surface area contributed by atoms with Gasteiger partial charge in [-0.05, 0) is 18.2 Å². The molecule has 1 aliphatic rings. The van der Waals surface area contributed by atoms with Crippen LogP contribution >= 0.6 is 15.9 Å². The predicted octanol–water partition coefficient (Wildman–Crippen LogP) is 1.49. The van der Waals surface area contributed by atoms with Crippen molar-refractivity contribution in [3.8, 4) is 5.75 Å². The maximum atomic E-state index is 11.6. The second-order valence-corrected chi connectivity index (χ2v) is 5.78. The maximum absolute atomic E-state index is 11.6. The highest BCUT2D eigenvalue weighted by Crippen LogP contribution is 2.18. The third kappa shape index (κ3) is 4.77. The van der Waals surface area contributed by atoms with Crippen LogP contribution in [0.3, 0.4) is 0 Å². The molecule has 1 fully saturated rings. The van der Waals surface area contributed by atoms with Crippen LogP contribution in [-0.2, 0) is 9.53 Å². The monoisotopic (exact) mass is 343 g/mol. The molecule has 0 aliphatic carbocycles. The molecule has 1 aromatic carbocycles. The number of nitrogens with one attached hydrogen (secondary N) is 1. The van der Waals surface area contributed by atoms with Crippen LogP contribution in [0.4, 0.5) is 0 Å². The number of aliphatic hydroxyl groups is 1. The molecule has 1 aromatic rings. The normalized spacial score (nSPS) is 21.7. The summed E-state index contributed by atoms with van der Waals surface area (Å²) in [6.07, 6.45) is 0.811. The van der Waals surface area contributed by atoms with E-state index in [9.17, 15) is 9.90 Å². The second kappa shape index (κ2) is 7.06. The zero-order valence-corrected chi connectivity index (χ0v) is 12.7. The molecule has 2 N–H and O–H groups in total. The van der Waals surface area contributed by atoms with Crippen LogP contribution in [-0.4, -0.2) is 43.0 Å². The minimum atomic E-state index is -0.916. The fourth-order valence-corrected chi connectivity index (χ4v) is 2.28. The molecule has 2 rings (SSSR count). The van der Waals surface area contributed by atoms with E-state index in [4.69, 9.17) is 9.47 Å². The van der Waals surface area contributed by atoms with Crippen molar-refractivity contribution in [3.63, 3.8) is 0 Å². The molecule has 5 nitrogen and oxygen atoms in total. The topological polar surface area (TPSA) is 67.8 Å². The summed E-state index contributed by atoms with van der Waals surface area (Å²) in [4.78, 5) is 11.6. The number of rotatable bonds is 6. The summed E-state index contributed by atoms with van der Waals surface area (Å²) < 4.78 is 11.5. The van der Waals surface area contributed by atoms with Gasteiger partial charge in [-0.2, -0.15) is 0 Å². The van der Waals surface area contributed by atoms with E-state index in [0.29, 0.717) is 19.6 Å². The number of hydrogen-bond acceptors (Lipinski definition) is 4. The summed E-state index contributed by atoms with van der Waals surface area (Å²) >= 11 is 3.35. The van der Waals surface area contributed by atoms with Crippen molar-refractivity contribution < 1.29 is 19.4 Å². The molecule has 1 amide bonds. The Morgan fingerprint density at radius 1 is 1.55 bits per heavy atom. The Hall–Kier alpha value is -1.11. The first-order chi connectivity index (χ1) is 9.57. The van der Waals surface area contributed by atoms with E-state index in [1.54, 1.807) is 0 Å². The number of amides is 1. The number of carbonyl (C=O) groups excluding carboxylic acids is 1. The van der Waals surface area contributed by atoms with Crippen molar-refractivity contribution >= 4 is 21.8 Å². The van der Waals surface area contributed by atoms with E-state index >= 15 is 0 Å². The van der Waals surface area contributed by atoms with Crippen molar-refractivity contribution in [2.45, 2.75) is 18.4 Å². The van der Waals surface area contributed by atoms with E-state index in [-0.39, 0.29) is 25.5 Å². The fourth-order valence-electron chi connectivity index (χ4n) is 1.91. The minimum absolute atomic E-state index is 0.139. The highest BCUT2D eigenvalue weighted by atomic mass is 79.9. The summed E-state index contributed by atoms with van der Waals surface area (Å²) in [6.45, 7) is 1.35. The van der Waals surface area contributed by atoms with Crippen LogP contribution in [0.15, 0.2) is 28.7 Å². The van der Waals surface area contributed by atoms with Crippen molar-refractivity contribution in [2.75, 3.05) is 26.4 Å². The molecule has 110 valence electrons. The summed E-state index contributed by atoms with van der Waals surface area (Å²) in [5.41, 5.74) is -0.916. The molecular weight excluding hydrogens is 326 g/mol. The molecule has 0 saturated carbocycles. The number of hydrogen-bond donors (Lipinski definition) is 2. The molecule has 1 heterocycles. The SMILES string of the molecule is O=C(CCOc1cccc(Br)c1)NCC1(O)CCOC1. The maximum Gasteiger partial charge on any atom is 0.223 e. The van der Waals surface area contributed by atoms with Gasteiger partial charge in [0.2, 0.25) is 5.91 Å². The van der Waals surface area contributed by atoms with Gasteiger partial charge in [0, 0.05) is 24.0 Å². The molecule has 0 bridgehead atoms. The van der Waals surface area contributed by atoms with Gasteiger partial charge in [-0.1, -0.05) is 22.0 Å². The van der Waals surface area contributed by atoms with Crippen LogP contribution in [0.1, 0.15) is 12.8 Å². The van der Waals surface area contributed by atoms with Gasteiger partial charge in [0.15, 0.2) is 0 Å². The Labute approximate surface area is 126 Å². The lowest BCUT2D eigenvalue weighted by Gasteiger charge is -2.20. The Kier molecular flexibility index (Phi) is 5.39. The molecule has 1 saturated heterocycles. The van der Waals surface area contributed by atoms with Gasteiger partial charge < -0.3 is 19.9 Å². The van der Waals surface area contributed by atoms with Crippen molar-refractivity contribution in [1.29, 1.82) is 0 Å². The first-order valence-corrected chi connectivity index (χ1v) is 7.32. The van der Waals surface area contributed by atoms with Gasteiger partial charge in [0.05, 0.1) is 19.6 Å². The van der Waals surface area contributed by atoms with E-state index in [1.807, 2.05) is 24.3 Å². The van der Waals surface area contributed by atoms with Crippen LogP contribution < -0.4 is 10.1 Å². The number of halogens is 1. The van der Waals surface area contributed by atoms with E-state index < -0.39 is 5.60 Å². The fraction of sp³-hybridized carbons (Fsp3) is 0.500. The van der Waals surface area contributed by atoms with Gasteiger partial charge in [-0.15, -0.1) is 0 Å². The Morgan fingerprint density at radius 2 is 2.40 bits per heavy atom. The molecule has 6 heteroatoms. The molecule has 0 aromatic heterocycles. The van der Waals surface area contributed by atoms with Crippen molar-refractivity contribution in [3.05, 3.63) is 28.7 Å². The van der Waals surface area contributed by atoms with Gasteiger partial charge in [0.25, 0.3) is 0 Å². The number of benzene rings is 1. The zero-order valence-electron chi connectivity index (χ0n) is 11.1. The van der Waals surface area contributed by atoms with Crippen LogP contribution in [0.25, 0.3) is 0 Å². The molecule has 1 unspecified atom stereocenters. The van der Waals surface area contributed by atoms with E-state index in [0.717, 1.165) is 10.2 Å². The Balaban J connectivity index is 1.65. The van der Waals surface area contributed by atoms with Gasteiger partial charge in [-0.25, -0.2) is 0 Å². The molecule has 1 atom stereocenters. The summed E-state index contributed by atoms with van der Waals surface area (Å²) in [5.74, 6) is 0.579. The summed E-state index contributed by atoms with van der Waals surface area (Å²) in [5, 5.41) is 12.7. The number of carbonyl (C=O) groups is 1. The van der Waals surface area contributed by atoms with Crippen LogP contribution in [0.2, 0.25) is 0 Å². The summed E-state index contributed by atoms with van der Waals surface area (Å²) in [7, 11) is 0. The van der Waals surface area contributed by atoms with Gasteiger partial charge in [-0.3, -0.25) is 4.79 Å². The molecule has 0 spiro atoms. The lowest BCUT2D eigenvalue weighted by molar-refractivity contribution is -0.122. The quantitative estimate of drug-likeness (QED) is 0.821. The highest BCUT2D eigenvalue weighted by Gasteiger charge is 2.32. The zero-order chi connectivity index (χ0) is 14.4. The Bertz CT molecular complexity index is 460. The van der Waals surface area contributed by atoms with Crippen molar-refractivity contribution in [2.24, 2.45) is 0 Å². The molecule has 1 aliphatic heterocycles. The van der Waals surface area contributed by atoms with E-state index in [2.05, 4.69) is 21.2 Å². The second-order valence-electron chi connectivity index (χ2n) is 4.86. The molecule has 0 radical (unpaired) electrons. The smallest absolute Gasteiger partial charge is 0.223 e. The third-order valence-corrected chi connectivity index (χ3v) is 3.58. The largest absolute Gasteiger partial charge is 0.493 e. The highest BCUT2D eigenvalue weighted by molar-refractivity contribution is 9.10. The number of ether oxygens (including phenoxy) is 2. The predicted molar refractivity (Wildman–Crippen MR) is 77.6 cm³/mol. The summed E-state index contributed by atoms with van der Waals surface area (Å²) in [6, 6.07) is 7.46. The van der Waals surface area contributed by atoms with Gasteiger partial charge in [0.1, 0.15) is 11.4 Å². The average Bonchev–Trinajstić information content (AvgIpc) is 2.84. The molecular formula is C14H18BrNO4. The first-order valence-electron chi connectivity index (χ1n) is 6.53. The standard InChI is InChI=1S/C14H18BrNO4/c15-11-2-1-3-12(8-11)20-6-4-13(17)16-9-14(18)5-7-19-10-14/h1-3,8,18H,4-7,9-10H2,(H,16,17). The van der Waals surface area contributed by atoms with Crippen molar-refractivity contribution in [1.82, 2.24) is 5.32 Å². The average molecular weight is 344 g/mol. The Morgan fingerprint density at radius 3 is 3.10 bits per heavy atom. The lowest BCUT2D eigenvalue weighted by Crippen LogP contribution is -2.43.